The normalized spacial score (nSPS) is 16.0. The largest absolute Gasteiger partial charge is 0.311 e. The summed E-state index contributed by atoms with van der Waals surface area (Å²) >= 11 is 0. The fraction of sp³-hybridized carbons (Fsp3) is 0. The molecule has 0 amide bonds. The van der Waals surface area contributed by atoms with Crippen molar-refractivity contribution in [3.8, 4) is 66.8 Å². The molecule has 1 nitrogen and oxygen atoms in total. The smallest absolute Gasteiger partial charge is 0.0645 e. The van der Waals surface area contributed by atoms with E-state index in [4.69, 9.17) is 12.3 Å². The molecule has 0 bridgehead atoms. The molecule has 10 aromatic carbocycles. The summed E-state index contributed by atoms with van der Waals surface area (Å²) in [7, 11) is 0. The third kappa shape index (κ3) is 7.58. The first-order valence-electron chi connectivity index (χ1n) is 29.0. The van der Waals surface area contributed by atoms with Crippen LogP contribution in [-0.4, -0.2) is 0 Å². The van der Waals surface area contributed by atoms with Crippen molar-refractivity contribution in [3.05, 3.63) is 248 Å². The quantitative estimate of drug-likeness (QED) is 0.141. The molecular formula is C58H41N. The Kier molecular flexibility index (Phi) is 5.32. The van der Waals surface area contributed by atoms with Crippen molar-refractivity contribution in [2.24, 2.45) is 0 Å². The summed E-state index contributed by atoms with van der Waals surface area (Å²) in [5.74, 6) is 0. The van der Waals surface area contributed by atoms with Gasteiger partial charge in [-0.2, -0.15) is 0 Å². The lowest BCUT2D eigenvalue weighted by Gasteiger charge is -2.26. The third-order valence-corrected chi connectivity index (χ3v) is 9.62. The van der Waals surface area contributed by atoms with Gasteiger partial charge < -0.3 is 4.90 Å². The number of rotatable bonds is 9. The van der Waals surface area contributed by atoms with Gasteiger partial charge in [-0.3, -0.25) is 0 Å². The highest BCUT2D eigenvalue weighted by atomic mass is 15.1. The Bertz CT molecular complexity index is 4130. The molecule has 0 aliphatic heterocycles. The molecule has 0 aliphatic rings. The molecule has 0 saturated heterocycles. The van der Waals surface area contributed by atoms with E-state index in [1.54, 1.807) is 42.5 Å². The molecule has 0 aliphatic carbocycles. The summed E-state index contributed by atoms with van der Waals surface area (Å²) < 4.78 is 192. The van der Waals surface area contributed by atoms with Crippen molar-refractivity contribution in [2.45, 2.75) is 0 Å². The van der Waals surface area contributed by atoms with Gasteiger partial charge in [-0.25, -0.2) is 0 Å². The van der Waals surface area contributed by atoms with E-state index >= 15 is 0 Å². The number of anilines is 3. The van der Waals surface area contributed by atoms with Crippen LogP contribution < -0.4 is 4.90 Å². The summed E-state index contributed by atoms with van der Waals surface area (Å²) in [4.78, 5) is 0.627. The molecule has 0 atom stereocenters. The molecule has 0 aromatic heterocycles. The van der Waals surface area contributed by atoms with E-state index in [0.29, 0.717) is 16.0 Å². The van der Waals surface area contributed by atoms with Gasteiger partial charge in [-0.15, -0.1) is 0 Å². The van der Waals surface area contributed by atoms with Crippen LogP contribution in [0.25, 0.3) is 77.5 Å². The Labute approximate surface area is 376 Å². The fourth-order valence-corrected chi connectivity index (χ4v) is 6.65. The number of benzene rings is 10. The zero-order valence-electron chi connectivity index (χ0n) is 52.0. The van der Waals surface area contributed by atoms with Crippen molar-refractivity contribution in [2.75, 3.05) is 4.90 Å². The van der Waals surface area contributed by atoms with Gasteiger partial charge >= 0.3 is 0 Å². The van der Waals surface area contributed by atoms with Crippen molar-refractivity contribution in [3.63, 3.8) is 0 Å². The Balaban J connectivity index is 1.23. The van der Waals surface area contributed by atoms with Crippen molar-refractivity contribution in [1.82, 2.24) is 0 Å². The van der Waals surface area contributed by atoms with Crippen LogP contribution in [0.3, 0.4) is 0 Å². The summed E-state index contributed by atoms with van der Waals surface area (Å²) in [6.07, 6.45) is 0. The van der Waals surface area contributed by atoms with Crippen molar-refractivity contribution >= 4 is 27.8 Å². The van der Waals surface area contributed by atoms with E-state index in [-0.39, 0.29) is 22.3 Å². The fourth-order valence-electron chi connectivity index (χ4n) is 6.65. The van der Waals surface area contributed by atoms with Crippen LogP contribution in [0.4, 0.5) is 17.1 Å². The maximum Gasteiger partial charge on any atom is 0.0645 e. The molecule has 59 heavy (non-hydrogen) atoms. The zero-order chi connectivity index (χ0) is 57.7. The van der Waals surface area contributed by atoms with E-state index in [0.717, 1.165) is 21.9 Å². The maximum absolute atomic E-state index is 9.66. The minimum Gasteiger partial charge on any atom is -0.311 e. The van der Waals surface area contributed by atoms with E-state index in [1.807, 2.05) is 78.9 Å². The average Bonchev–Trinajstić information content (AvgIpc) is 3.60. The molecule has 0 fully saturated rings. The number of hydrogen-bond donors (Lipinski definition) is 0. The first kappa shape index (κ1) is 19.6. The van der Waals surface area contributed by atoms with Gasteiger partial charge in [0.2, 0.25) is 0 Å². The molecular weight excluding hydrogens is 711 g/mol. The highest BCUT2D eigenvalue weighted by Gasteiger charge is 2.15. The van der Waals surface area contributed by atoms with Gasteiger partial charge in [-0.05, 0) is 132 Å². The minimum atomic E-state index is -1.08. The first-order chi connectivity index (χ1) is 38.0. The van der Waals surface area contributed by atoms with Crippen LogP contribution in [0.2, 0.25) is 0 Å². The maximum atomic E-state index is 9.66. The minimum absolute atomic E-state index is 0.187. The second-order valence-electron chi connectivity index (χ2n) is 13.3. The van der Waals surface area contributed by atoms with E-state index in [9.17, 15) is 16.4 Å². The van der Waals surface area contributed by atoms with Gasteiger partial charge in [-0.1, -0.05) is 194 Å². The lowest BCUT2D eigenvalue weighted by atomic mass is 9.97. The lowest BCUT2D eigenvalue weighted by Crippen LogP contribution is -2.09. The highest BCUT2D eigenvalue weighted by Crippen LogP contribution is 2.39. The molecule has 278 valence electrons. The summed E-state index contributed by atoms with van der Waals surface area (Å²) in [6, 6.07) is 17.9. The van der Waals surface area contributed by atoms with Gasteiger partial charge in [0.1, 0.15) is 0 Å². The zero-order valence-corrected chi connectivity index (χ0v) is 31.0. The van der Waals surface area contributed by atoms with Crippen LogP contribution in [-0.2, 0) is 0 Å². The molecule has 0 heterocycles. The molecule has 0 unspecified atom stereocenters. The Morgan fingerprint density at radius 3 is 1.10 bits per heavy atom. The number of nitrogens with zero attached hydrogens (tertiary/aromatic N) is 1. The lowest BCUT2D eigenvalue weighted by molar-refractivity contribution is 1.28. The molecule has 0 radical (unpaired) electrons. The van der Waals surface area contributed by atoms with Gasteiger partial charge in [0.05, 0.1) is 28.8 Å². The average molecular weight is 773 g/mol. The van der Waals surface area contributed by atoms with Crippen LogP contribution in [0.15, 0.2) is 248 Å². The summed E-state index contributed by atoms with van der Waals surface area (Å²) in [5, 5.41) is 1.94. The first-order valence-corrected chi connectivity index (χ1v) is 18.5. The Hall–Kier alpha value is -7.74. The molecule has 10 aromatic rings. The van der Waals surface area contributed by atoms with Crippen LogP contribution in [0, 0.1) is 0 Å². The van der Waals surface area contributed by atoms with Crippen molar-refractivity contribution < 1.29 is 28.8 Å². The van der Waals surface area contributed by atoms with Crippen LogP contribution >= 0.6 is 0 Å². The Morgan fingerprint density at radius 1 is 0.237 bits per heavy atom. The number of fused-ring (bicyclic) bond motifs is 1. The standard InChI is InChI=1S/C58H41N/c1-3-11-42(12-4-1)45-21-23-46(24-22-45)47-27-33-56(34-28-47)59(57-35-29-48(30-36-57)52-18-9-17-51(39-52)43-13-5-2-6-14-43)58-37-31-49(32-38-58)53-19-10-20-54(40-53)55-26-25-44-15-7-8-16-50(44)41-55/h1-41H/i1D,3D,4D,11D,12D,21D,22D,23D,24D,27D,28D,29D,30D,31D,32D,33D,34D,35D,36D,37D,38D. The topological polar surface area (TPSA) is 3.24 Å². The van der Waals surface area contributed by atoms with Gasteiger partial charge in [0, 0.05) is 17.1 Å². The summed E-state index contributed by atoms with van der Waals surface area (Å²) in [5.41, 5.74) is -2.43. The second kappa shape index (κ2) is 16.0. The van der Waals surface area contributed by atoms with Gasteiger partial charge in [0.25, 0.3) is 0 Å². The molecule has 0 saturated carbocycles. The molecule has 0 spiro atoms. The molecule has 10 rings (SSSR count). The van der Waals surface area contributed by atoms with Crippen LogP contribution in [0.1, 0.15) is 28.8 Å². The number of hydrogen-bond acceptors (Lipinski definition) is 1. The second-order valence-corrected chi connectivity index (χ2v) is 13.3. The van der Waals surface area contributed by atoms with Crippen LogP contribution in [0.5, 0.6) is 0 Å². The Morgan fingerprint density at radius 2 is 0.593 bits per heavy atom. The molecule has 0 N–H and O–H groups in total. The van der Waals surface area contributed by atoms with Gasteiger partial charge in [0.15, 0.2) is 0 Å². The van der Waals surface area contributed by atoms with E-state index < -0.39 is 166 Å². The third-order valence-electron chi connectivity index (χ3n) is 9.62. The van der Waals surface area contributed by atoms with E-state index in [2.05, 4.69) is 0 Å². The predicted octanol–water partition coefficient (Wildman–Crippen LogP) is 16.3. The summed E-state index contributed by atoms with van der Waals surface area (Å²) in [6.45, 7) is 0. The SMILES string of the molecule is [2H]c1c([2H])c([2H])c(-c2c([2H])c([2H])c(-c3c([2H])c([2H])c(N(c4c([2H])c([2H])c(-c5cccc(-c6ccccc6)c5)c([2H])c4[2H])c4c([2H])c([2H])c(-c5cccc(-c6ccc7ccccc7c6)c5)c([2H])c4[2H])c([2H])c3[2H])c([2H])c2[2H])c([2H])c1[2H]. The van der Waals surface area contributed by atoms with Crippen molar-refractivity contribution in [1.29, 1.82) is 0 Å². The van der Waals surface area contributed by atoms with E-state index in [1.165, 1.54) is 0 Å². The molecule has 1 heteroatoms. The monoisotopic (exact) mass is 772 g/mol. The predicted molar refractivity (Wildman–Crippen MR) is 251 cm³/mol. The highest BCUT2D eigenvalue weighted by molar-refractivity contribution is 5.88.